The molecule has 0 spiro atoms. The summed E-state index contributed by atoms with van der Waals surface area (Å²) >= 11 is 0. The van der Waals surface area contributed by atoms with Gasteiger partial charge in [0, 0.05) is 0 Å². The molecule has 0 saturated heterocycles. The predicted octanol–water partition coefficient (Wildman–Crippen LogP) is 19.2. The second-order valence-electron chi connectivity index (χ2n) is 17.6. The van der Waals surface area contributed by atoms with Crippen LogP contribution in [0.15, 0.2) is 194 Å². The van der Waals surface area contributed by atoms with Crippen LogP contribution in [0.5, 0.6) is 0 Å². The van der Waals surface area contributed by atoms with E-state index < -0.39 is 0 Å². The number of allylic oxidation sites excluding steroid dienone is 6. The van der Waals surface area contributed by atoms with E-state index in [1.54, 1.807) is 0 Å². The van der Waals surface area contributed by atoms with E-state index in [0.717, 1.165) is 6.42 Å². The van der Waals surface area contributed by atoms with Gasteiger partial charge in [-0.1, -0.05) is 251 Å². The molecule has 8 rings (SSSR count). The van der Waals surface area contributed by atoms with Crippen molar-refractivity contribution in [2.75, 3.05) is 0 Å². The highest BCUT2D eigenvalue weighted by Gasteiger charge is 2.15. The van der Waals surface area contributed by atoms with Crippen LogP contribution in [0.25, 0.3) is 39.0 Å². The molecular formula is C65H74. The van der Waals surface area contributed by atoms with Gasteiger partial charge in [-0.2, -0.15) is 0 Å². The van der Waals surface area contributed by atoms with Crippen LogP contribution >= 0.6 is 0 Å². The first-order chi connectivity index (χ1) is 31.6. The Morgan fingerprint density at radius 3 is 1.45 bits per heavy atom. The fourth-order valence-corrected chi connectivity index (χ4v) is 8.20. The molecule has 0 heteroatoms. The monoisotopic (exact) mass is 855 g/mol. The molecule has 0 aliphatic heterocycles. The van der Waals surface area contributed by atoms with Gasteiger partial charge in [0.05, 0.1) is 0 Å². The van der Waals surface area contributed by atoms with Crippen LogP contribution in [0, 0.1) is 27.7 Å². The summed E-state index contributed by atoms with van der Waals surface area (Å²) in [7, 11) is 0. The molecule has 1 atom stereocenters. The maximum atomic E-state index is 2.34. The molecule has 0 heterocycles. The zero-order valence-corrected chi connectivity index (χ0v) is 41.0. The van der Waals surface area contributed by atoms with Crippen LogP contribution in [-0.2, 0) is 6.42 Å². The fraction of sp³-hybridized carbons (Fsp3) is 0.262. The van der Waals surface area contributed by atoms with E-state index in [1.165, 1.54) is 128 Å². The molecule has 1 aliphatic rings. The number of benzene rings is 7. The van der Waals surface area contributed by atoms with E-state index in [2.05, 4.69) is 256 Å². The summed E-state index contributed by atoms with van der Waals surface area (Å²) < 4.78 is 0. The summed E-state index contributed by atoms with van der Waals surface area (Å²) in [6.45, 7) is 19.9. The Morgan fingerprint density at radius 1 is 0.477 bits per heavy atom. The van der Waals surface area contributed by atoms with Crippen molar-refractivity contribution in [3.8, 4) is 22.3 Å². The lowest BCUT2D eigenvalue weighted by Gasteiger charge is -2.20. The summed E-state index contributed by atoms with van der Waals surface area (Å²) in [5.41, 5.74) is 21.9. The van der Waals surface area contributed by atoms with Gasteiger partial charge in [0.2, 0.25) is 0 Å². The fourth-order valence-electron chi connectivity index (χ4n) is 8.20. The minimum Gasteiger partial charge on any atom is -0.0836 e. The number of hydrogen-bond donors (Lipinski definition) is 0. The third-order valence-corrected chi connectivity index (χ3v) is 12.3. The number of rotatable bonds is 11. The van der Waals surface area contributed by atoms with Gasteiger partial charge in [0.1, 0.15) is 0 Å². The Balaban J connectivity index is 0.000000167. The Hall–Kier alpha value is -6.24. The molecule has 0 amide bonds. The van der Waals surface area contributed by atoms with Gasteiger partial charge in [-0.15, -0.1) is 0 Å². The van der Waals surface area contributed by atoms with Crippen molar-refractivity contribution in [2.45, 2.75) is 113 Å². The zero-order valence-electron chi connectivity index (χ0n) is 41.0. The van der Waals surface area contributed by atoms with E-state index in [1.807, 2.05) is 0 Å². The van der Waals surface area contributed by atoms with Gasteiger partial charge >= 0.3 is 0 Å². The molecule has 0 radical (unpaired) electrons. The summed E-state index contributed by atoms with van der Waals surface area (Å²) in [6.07, 6.45) is 15.0. The van der Waals surface area contributed by atoms with Gasteiger partial charge in [-0.3, -0.25) is 0 Å². The molecular weight excluding hydrogens is 781 g/mol. The van der Waals surface area contributed by atoms with Crippen molar-refractivity contribution >= 4 is 16.7 Å². The second-order valence-corrected chi connectivity index (χ2v) is 17.6. The predicted molar refractivity (Wildman–Crippen MR) is 288 cm³/mol. The van der Waals surface area contributed by atoms with Crippen LogP contribution in [0.4, 0.5) is 0 Å². The summed E-state index contributed by atoms with van der Waals surface area (Å²) in [5, 5.41) is 0. The van der Waals surface area contributed by atoms with E-state index in [4.69, 9.17) is 0 Å². The summed E-state index contributed by atoms with van der Waals surface area (Å²) in [4.78, 5) is 0. The molecule has 0 fully saturated rings. The zero-order chi connectivity index (χ0) is 46.4. The van der Waals surface area contributed by atoms with Crippen molar-refractivity contribution in [1.29, 1.82) is 0 Å². The standard InChI is InChI=1S/C23H30.C15H16.C14H14.C13H14/c1-6-12-22(19(5)20-14-9-8-13-18(20)4)23-16-11-10-15-21(23)17(3)7-2;1-2-6-13-9-11-15(12-10-13)14-7-4-3-5-8-14;1-11-3-7-13(8-4-11)14-9-5-12(2)6-10-14;1-11-7-9-13(10-8-11)12-5-3-2-4-6-12/h8-11,13-17H,6-7,12H2,1-5H3;3-5,7-12H,2,6H2,1H3;3-10H,1-2H3;3,5-10H,2,4H2,1H3/b22-19+;;;. The quantitative estimate of drug-likeness (QED) is 0.114. The average molecular weight is 855 g/mol. The van der Waals surface area contributed by atoms with Gasteiger partial charge < -0.3 is 0 Å². The molecule has 0 N–H and O–H groups in total. The van der Waals surface area contributed by atoms with Crippen molar-refractivity contribution in [3.63, 3.8) is 0 Å². The minimum atomic E-state index is 0.600. The first kappa shape index (κ1) is 49.8. The Bertz CT molecular complexity index is 2500. The van der Waals surface area contributed by atoms with E-state index in [-0.39, 0.29) is 0 Å². The van der Waals surface area contributed by atoms with Crippen molar-refractivity contribution in [2.24, 2.45) is 0 Å². The maximum Gasteiger partial charge on any atom is -0.0184 e. The average Bonchev–Trinajstić information content (AvgIpc) is 3.35. The Kier molecular flexibility index (Phi) is 20.3. The lowest BCUT2D eigenvalue weighted by molar-refractivity contribution is 0.730. The summed E-state index contributed by atoms with van der Waals surface area (Å²) in [5.74, 6) is 0.600. The van der Waals surface area contributed by atoms with Crippen LogP contribution < -0.4 is 0 Å². The van der Waals surface area contributed by atoms with E-state index in [0.29, 0.717) is 5.92 Å². The molecule has 0 nitrogen and oxygen atoms in total. The van der Waals surface area contributed by atoms with Gasteiger partial charge in [0.25, 0.3) is 0 Å². The smallest absolute Gasteiger partial charge is 0.0184 e. The van der Waals surface area contributed by atoms with Crippen LogP contribution in [0.3, 0.4) is 0 Å². The van der Waals surface area contributed by atoms with Gasteiger partial charge in [-0.25, -0.2) is 0 Å². The minimum absolute atomic E-state index is 0.600. The molecule has 0 aromatic heterocycles. The first-order valence-corrected chi connectivity index (χ1v) is 24.2. The van der Waals surface area contributed by atoms with Crippen molar-refractivity contribution in [1.82, 2.24) is 0 Å². The lowest BCUT2D eigenvalue weighted by atomic mass is 9.84. The molecule has 65 heavy (non-hydrogen) atoms. The Morgan fingerprint density at radius 2 is 0.954 bits per heavy atom. The maximum absolute atomic E-state index is 2.34. The Labute approximate surface area is 394 Å². The van der Waals surface area contributed by atoms with E-state index >= 15 is 0 Å². The van der Waals surface area contributed by atoms with Crippen LogP contribution in [-0.4, -0.2) is 0 Å². The largest absolute Gasteiger partial charge is 0.0836 e. The normalized spacial score (nSPS) is 12.5. The lowest BCUT2D eigenvalue weighted by Crippen LogP contribution is -2.00. The SMILES string of the molecule is CCC/C(=C(/C)c1ccccc1C)c1ccccc1C(C)CC.CCCc1ccc(-c2ccccc2)cc1.Cc1ccc(-c2ccc(C)cc2)cc1.Cc1ccc(C2=CCCC=C2)cc1. The van der Waals surface area contributed by atoms with Crippen LogP contribution in [0.1, 0.15) is 129 Å². The number of aryl methyl sites for hydroxylation is 5. The van der Waals surface area contributed by atoms with E-state index in [9.17, 15) is 0 Å². The second kappa shape index (κ2) is 26.5. The molecule has 7 aromatic carbocycles. The topological polar surface area (TPSA) is 0 Å². The molecule has 334 valence electrons. The third kappa shape index (κ3) is 15.5. The van der Waals surface area contributed by atoms with Crippen LogP contribution in [0.2, 0.25) is 0 Å². The van der Waals surface area contributed by atoms with Gasteiger partial charge in [-0.05, 0) is 145 Å². The summed E-state index contributed by atoms with van der Waals surface area (Å²) in [6, 6.07) is 63.1. The highest BCUT2D eigenvalue weighted by molar-refractivity contribution is 5.91. The highest BCUT2D eigenvalue weighted by Crippen LogP contribution is 2.36. The number of hydrogen-bond acceptors (Lipinski definition) is 0. The van der Waals surface area contributed by atoms with Gasteiger partial charge in [0.15, 0.2) is 0 Å². The van der Waals surface area contributed by atoms with Crippen molar-refractivity contribution < 1.29 is 0 Å². The molecule has 1 aliphatic carbocycles. The molecule has 0 saturated carbocycles. The molecule has 0 bridgehead atoms. The highest BCUT2D eigenvalue weighted by atomic mass is 14.2. The van der Waals surface area contributed by atoms with Crippen molar-refractivity contribution in [3.05, 3.63) is 244 Å². The molecule has 1 unspecified atom stereocenters. The third-order valence-electron chi connectivity index (χ3n) is 12.3. The first-order valence-electron chi connectivity index (χ1n) is 24.2. The molecule has 7 aromatic rings.